The Balaban J connectivity index is 1.28. The minimum Gasteiger partial charge on any atom is -0.493 e. The number of methoxy groups -OCH3 is 1. The van der Waals surface area contributed by atoms with Gasteiger partial charge in [-0.25, -0.2) is 9.37 Å². The fourth-order valence-electron chi connectivity index (χ4n) is 5.50. The quantitative estimate of drug-likeness (QED) is 0.504. The van der Waals surface area contributed by atoms with E-state index in [-0.39, 0.29) is 11.3 Å². The smallest absolute Gasteiger partial charge is 0.171 e. The zero-order valence-electron chi connectivity index (χ0n) is 20.1. The van der Waals surface area contributed by atoms with E-state index in [1.165, 1.54) is 19.4 Å². The Morgan fingerprint density at radius 3 is 2.72 bits per heavy atom. The predicted octanol–water partition coefficient (Wildman–Crippen LogP) is 4.47. The van der Waals surface area contributed by atoms with Gasteiger partial charge in [0.25, 0.3) is 0 Å². The molecule has 1 aliphatic carbocycles. The number of anilines is 1. The van der Waals surface area contributed by atoms with Crippen molar-refractivity contribution in [1.29, 1.82) is 5.26 Å². The number of rotatable bonds is 5. The van der Waals surface area contributed by atoms with Crippen molar-refractivity contribution < 1.29 is 9.13 Å². The molecule has 4 heterocycles. The van der Waals surface area contributed by atoms with Gasteiger partial charge in [-0.05, 0) is 49.4 Å². The molecule has 8 nitrogen and oxygen atoms in total. The molecular weight excluding hydrogens is 481 g/mol. The summed E-state index contributed by atoms with van der Waals surface area (Å²) in [6.07, 6.45) is 4.86. The molecule has 6 rings (SSSR count). The summed E-state index contributed by atoms with van der Waals surface area (Å²) in [6.45, 7) is 3.59. The number of halogens is 2. The second-order valence-electron chi connectivity index (χ2n) is 10.1. The Morgan fingerprint density at radius 1 is 1.19 bits per heavy atom. The summed E-state index contributed by atoms with van der Waals surface area (Å²) in [5.41, 5.74) is 1.94. The zero-order valence-corrected chi connectivity index (χ0v) is 20.9. The maximum absolute atomic E-state index is 13.6. The Bertz CT molecular complexity index is 1340. The van der Waals surface area contributed by atoms with Gasteiger partial charge in [0.15, 0.2) is 17.4 Å². The highest BCUT2D eigenvalue weighted by atomic mass is 35.5. The van der Waals surface area contributed by atoms with Gasteiger partial charge >= 0.3 is 0 Å². The van der Waals surface area contributed by atoms with Crippen LogP contribution in [0.1, 0.15) is 48.8 Å². The molecule has 0 unspecified atom stereocenters. The van der Waals surface area contributed by atoms with Crippen LogP contribution in [0.15, 0.2) is 30.5 Å². The number of hydrogen-bond donors (Lipinski definition) is 0. The van der Waals surface area contributed by atoms with E-state index in [0.29, 0.717) is 23.1 Å². The lowest BCUT2D eigenvalue weighted by Crippen LogP contribution is -2.34. The number of ether oxygens (including phenoxy) is 1. The first-order chi connectivity index (χ1) is 17.5. The third-order valence-electron chi connectivity index (χ3n) is 7.59. The lowest BCUT2D eigenvalue weighted by atomic mass is 9.95. The number of nitrogens with zero attached hydrogens (tertiary/aromatic N) is 7. The fraction of sp³-hybridized carbons (Fsp3) is 0.462. The van der Waals surface area contributed by atoms with Crippen LogP contribution < -0.4 is 9.64 Å². The van der Waals surface area contributed by atoms with Gasteiger partial charge in [-0.2, -0.15) is 5.26 Å². The van der Waals surface area contributed by atoms with Crippen LogP contribution in [0.25, 0.3) is 5.69 Å². The van der Waals surface area contributed by atoms with Gasteiger partial charge in [0.1, 0.15) is 11.6 Å². The lowest BCUT2D eigenvalue weighted by Gasteiger charge is -2.33. The van der Waals surface area contributed by atoms with E-state index in [2.05, 4.69) is 41.7 Å². The predicted molar refractivity (Wildman–Crippen MR) is 133 cm³/mol. The first-order valence-corrected chi connectivity index (χ1v) is 12.7. The normalized spacial score (nSPS) is 19.2. The second kappa shape index (κ2) is 9.02. The van der Waals surface area contributed by atoms with Gasteiger partial charge in [0.2, 0.25) is 0 Å². The molecule has 1 saturated carbocycles. The van der Waals surface area contributed by atoms with E-state index in [9.17, 15) is 9.65 Å². The Morgan fingerprint density at radius 2 is 2.00 bits per heavy atom. The molecule has 1 saturated heterocycles. The molecule has 3 aromatic rings. The summed E-state index contributed by atoms with van der Waals surface area (Å²) >= 11 is 6.39. The van der Waals surface area contributed by atoms with Crippen LogP contribution in [0, 0.1) is 22.6 Å². The molecule has 0 radical (unpaired) electrons. The maximum Gasteiger partial charge on any atom is 0.171 e. The molecular formula is C26H27ClFN7O. The first-order valence-electron chi connectivity index (χ1n) is 12.3. The Labute approximate surface area is 214 Å². The number of piperidine rings is 1. The van der Waals surface area contributed by atoms with Crippen molar-refractivity contribution in [2.45, 2.75) is 44.7 Å². The zero-order chi connectivity index (χ0) is 24.9. The molecule has 3 aliphatic rings. The van der Waals surface area contributed by atoms with Crippen molar-refractivity contribution in [2.75, 3.05) is 31.6 Å². The Kier molecular flexibility index (Phi) is 5.81. The van der Waals surface area contributed by atoms with Crippen LogP contribution in [0.2, 0.25) is 5.02 Å². The van der Waals surface area contributed by atoms with Crippen molar-refractivity contribution in [1.82, 2.24) is 24.6 Å². The average molecular weight is 508 g/mol. The van der Waals surface area contributed by atoms with Crippen LogP contribution in [-0.4, -0.2) is 51.4 Å². The summed E-state index contributed by atoms with van der Waals surface area (Å²) in [5.74, 6) is 2.77. The number of pyridine rings is 1. The number of nitriles is 1. The van der Waals surface area contributed by atoms with Crippen LogP contribution in [0.3, 0.4) is 0 Å². The number of benzene rings is 1. The standard InChI is InChI=1S/C26H27ClFN7O/c1-36-22-11-20(28)12-30-25(22)34-8-4-17(5-9-34)24-32-31-23-14-33(16-26(15-29)6-7-26)13-18-10-19(27)2-3-21(18)35(23)24/h2-3,10-12,17H,4-9,13-14,16H2,1H3. The van der Waals surface area contributed by atoms with Crippen molar-refractivity contribution in [3.05, 3.63) is 58.5 Å². The number of hydrogen-bond acceptors (Lipinski definition) is 7. The van der Waals surface area contributed by atoms with Gasteiger partial charge < -0.3 is 9.64 Å². The topological polar surface area (TPSA) is 83.1 Å². The van der Waals surface area contributed by atoms with E-state index in [0.717, 1.165) is 74.8 Å². The molecule has 2 aromatic heterocycles. The molecule has 10 heteroatoms. The monoisotopic (exact) mass is 507 g/mol. The third kappa shape index (κ3) is 4.18. The van der Waals surface area contributed by atoms with Crippen LogP contribution in [0.5, 0.6) is 5.75 Å². The van der Waals surface area contributed by atoms with Crippen molar-refractivity contribution in [2.24, 2.45) is 5.41 Å². The summed E-state index contributed by atoms with van der Waals surface area (Å²) in [5, 5.41) is 19.6. The highest BCUT2D eigenvalue weighted by Gasteiger charge is 2.45. The summed E-state index contributed by atoms with van der Waals surface area (Å²) in [6, 6.07) is 9.87. The van der Waals surface area contributed by atoms with Gasteiger partial charge in [-0.1, -0.05) is 11.6 Å². The Hall–Kier alpha value is -3.22. The molecule has 1 aromatic carbocycles. The van der Waals surface area contributed by atoms with Gasteiger partial charge in [0, 0.05) is 43.2 Å². The largest absolute Gasteiger partial charge is 0.493 e. The van der Waals surface area contributed by atoms with Crippen molar-refractivity contribution in [3.8, 4) is 17.5 Å². The number of aromatic nitrogens is 4. The van der Waals surface area contributed by atoms with Gasteiger partial charge in [-0.3, -0.25) is 9.47 Å². The number of fused-ring (bicyclic) bond motifs is 3. The fourth-order valence-corrected chi connectivity index (χ4v) is 5.70. The molecule has 186 valence electrons. The van der Waals surface area contributed by atoms with Gasteiger partial charge in [0.05, 0.1) is 37.0 Å². The molecule has 0 spiro atoms. The van der Waals surface area contributed by atoms with E-state index in [1.807, 2.05) is 12.1 Å². The van der Waals surface area contributed by atoms with Crippen LogP contribution in [-0.2, 0) is 13.1 Å². The maximum atomic E-state index is 13.6. The molecule has 0 bridgehead atoms. The van der Waals surface area contributed by atoms with E-state index < -0.39 is 5.82 Å². The molecule has 36 heavy (non-hydrogen) atoms. The molecule has 0 N–H and O–H groups in total. The summed E-state index contributed by atoms with van der Waals surface area (Å²) < 4.78 is 21.2. The van der Waals surface area contributed by atoms with Crippen molar-refractivity contribution >= 4 is 17.4 Å². The highest BCUT2D eigenvalue weighted by molar-refractivity contribution is 6.30. The third-order valence-corrected chi connectivity index (χ3v) is 7.83. The summed E-state index contributed by atoms with van der Waals surface area (Å²) in [7, 11) is 1.53. The summed E-state index contributed by atoms with van der Waals surface area (Å²) in [4.78, 5) is 8.73. The highest BCUT2D eigenvalue weighted by Crippen LogP contribution is 2.46. The van der Waals surface area contributed by atoms with Crippen LogP contribution >= 0.6 is 11.6 Å². The lowest BCUT2D eigenvalue weighted by molar-refractivity contribution is 0.223. The minimum absolute atomic E-state index is 0.220. The van der Waals surface area contributed by atoms with E-state index >= 15 is 0 Å². The van der Waals surface area contributed by atoms with Crippen molar-refractivity contribution in [3.63, 3.8) is 0 Å². The van der Waals surface area contributed by atoms with E-state index in [4.69, 9.17) is 16.3 Å². The van der Waals surface area contributed by atoms with Gasteiger partial charge in [-0.15, -0.1) is 10.2 Å². The first kappa shape index (κ1) is 23.2. The van der Waals surface area contributed by atoms with Crippen LogP contribution in [0.4, 0.5) is 10.2 Å². The average Bonchev–Trinajstić information content (AvgIpc) is 3.58. The molecule has 0 atom stereocenters. The van der Waals surface area contributed by atoms with E-state index in [1.54, 1.807) is 0 Å². The molecule has 2 fully saturated rings. The second-order valence-corrected chi connectivity index (χ2v) is 10.5. The molecule has 2 aliphatic heterocycles. The minimum atomic E-state index is -0.410. The SMILES string of the molecule is COc1cc(F)cnc1N1CCC(c2nnc3n2-c2ccc(Cl)cc2CN(CC2(C#N)CC2)C3)CC1. The molecule has 0 amide bonds.